The Balaban J connectivity index is 1.87. The van der Waals surface area contributed by atoms with E-state index in [0.29, 0.717) is 12.5 Å². The van der Waals surface area contributed by atoms with E-state index in [2.05, 4.69) is 24.1 Å². The molecular weight excluding hydrogens is 250 g/mol. The van der Waals surface area contributed by atoms with Gasteiger partial charge in [0.1, 0.15) is 0 Å². The molecule has 0 fully saturated rings. The number of fused-ring (bicyclic) bond motifs is 1. The van der Waals surface area contributed by atoms with E-state index in [1.54, 1.807) is 6.20 Å². The van der Waals surface area contributed by atoms with Gasteiger partial charge in [-0.15, -0.1) is 0 Å². The number of nitrogens with two attached hydrogens (primary N) is 1. The molecule has 0 spiro atoms. The molecule has 1 aromatic heterocycles. The number of nitrogens with zero attached hydrogens (tertiary/aromatic N) is 1. The summed E-state index contributed by atoms with van der Waals surface area (Å²) < 4.78 is 5.60. The monoisotopic (exact) mass is 273 g/mol. The van der Waals surface area contributed by atoms with Gasteiger partial charge in [-0.2, -0.15) is 0 Å². The molecule has 0 saturated heterocycles. The Hall–Kier alpha value is -1.81. The van der Waals surface area contributed by atoms with Gasteiger partial charge in [-0.1, -0.05) is 13.8 Å². The van der Waals surface area contributed by atoms with E-state index < -0.39 is 0 Å². The van der Waals surface area contributed by atoms with Gasteiger partial charge in [0.05, 0.1) is 12.1 Å². The molecule has 4 heteroatoms. The van der Waals surface area contributed by atoms with Crippen molar-refractivity contribution in [1.29, 1.82) is 0 Å². The van der Waals surface area contributed by atoms with Crippen molar-refractivity contribution in [1.82, 2.24) is 4.98 Å². The van der Waals surface area contributed by atoms with Crippen LogP contribution in [0.1, 0.15) is 20.3 Å². The van der Waals surface area contributed by atoms with Gasteiger partial charge < -0.3 is 15.8 Å². The summed E-state index contributed by atoms with van der Waals surface area (Å²) in [7, 11) is 0. The first-order valence-corrected chi connectivity index (χ1v) is 7.12. The van der Waals surface area contributed by atoms with Crippen LogP contribution in [0.3, 0.4) is 0 Å². The number of aromatic nitrogens is 1. The molecule has 2 rings (SSSR count). The third-order valence-electron chi connectivity index (χ3n) is 3.17. The zero-order chi connectivity index (χ0) is 14.4. The quantitative estimate of drug-likeness (QED) is 0.600. The lowest BCUT2D eigenvalue weighted by Crippen LogP contribution is -2.11. The summed E-state index contributed by atoms with van der Waals surface area (Å²) in [6.07, 6.45) is 2.90. The fraction of sp³-hybridized carbons (Fsp3) is 0.438. The molecule has 108 valence electrons. The summed E-state index contributed by atoms with van der Waals surface area (Å²) in [5, 5.41) is 4.48. The summed E-state index contributed by atoms with van der Waals surface area (Å²) in [5.41, 5.74) is 8.49. The van der Waals surface area contributed by atoms with Gasteiger partial charge in [0, 0.05) is 36.1 Å². The first-order chi connectivity index (χ1) is 9.66. The largest absolute Gasteiger partial charge is 0.399 e. The minimum Gasteiger partial charge on any atom is -0.399 e. The fourth-order valence-electron chi connectivity index (χ4n) is 2.00. The SMILES string of the molecule is CC(C)CCOCCNc1ccnc2cc(N)ccc12. The molecule has 0 aliphatic heterocycles. The number of nitrogens with one attached hydrogen (secondary N) is 1. The molecule has 2 aromatic rings. The van der Waals surface area contributed by atoms with Gasteiger partial charge in [0.15, 0.2) is 0 Å². The average Bonchev–Trinajstić information content (AvgIpc) is 2.42. The number of ether oxygens (including phenoxy) is 1. The van der Waals surface area contributed by atoms with E-state index in [4.69, 9.17) is 10.5 Å². The molecular formula is C16H23N3O. The van der Waals surface area contributed by atoms with Crippen molar-refractivity contribution < 1.29 is 4.74 Å². The van der Waals surface area contributed by atoms with E-state index in [9.17, 15) is 0 Å². The molecule has 0 unspecified atom stereocenters. The van der Waals surface area contributed by atoms with Crippen molar-refractivity contribution in [2.45, 2.75) is 20.3 Å². The summed E-state index contributed by atoms with van der Waals surface area (Å²) in [6.45, 7) is 6.74. The van der Waals surface area contributed by atoms with Crippen molar-refractivity contribution in [3.05, 3.63) is 30.5 Å². The molecule has 0 aliphatic rings. The molecule has 0 aliphatic carbocycles. The van der Waals surface area contributed by atoms with Crippen LogP contribution in [-0.2, 0) is 4.74 Å². The van der Waals surface area contributed by atoms with E-state index in [1.807, 2.05) is 24.3 Å². The van der Waals surface area contributed by atoms with Gasteiger partial charge in [0.2, 0.25) is 0 Å². The molecule has 0 bridgehead atoms. The number of benzene rings is 1. The van der Waals surface area contributed by atoms with Gasteiger partial charge in [-0.3, -0.25) is 4.98 Å². The Kier molecular flexibility index (Phi) is 5.18. The first kappa shape index (κ1) is 14.6. The van der Waals surface area contributed by atoms with Crippen molar-refractivity contribution in [2.75, 3.05) is 30.8 Å². The molecule has 1 heterocycles. The zero-order valence-corrected chi connectivity index (χ0v) is 12.2. The normalized spacial score (nSPS) is 11.2. The lowest BCUT2D eigenvalue weighted by Gasteiger charge is -2.10. The summed E-state index contributed by atoms with van der Waals surface area (Å²) >= 11 is 0. The van der Waals surface area contributed by atoms with Crippen LogP contribution < -0.4 is 11.1 Å². The smallest absolute Gasteiger partial charge is 0.0743 e. The topological polar surface area (TPSA) is 60.2 Å². The lowest BCUT2D eigenvalue weighted by molar-refractivity contribution is 0.133. The Morgan fingerprint density at radius 2 is 2.10 bits per heavy atom. The highest BCUT2D eigenvalue weighted by Crippen LogP contribution is 2.22. The van der Waals surface area contributed by atoms with Crippen LogP contribution in [-0.4, -0.2) is 24.7 Å². The molecule has 3 N–H and O–H groups in total. The minimum absolute atomic E-state index is 0.692. The predicted octanol–water partition coefficient (Wildman–Crippen LogP) is 3.29. The van der Waals surface area contributed by atoms with Crippen LogP contribution in [0.5, 0.6) is 0 Å². The van der Waals surface area contributed by atoms with Gasteiger partial charge in [-0.25, -0.2) is 0 Å². The van der Waals surface area contributed by atoms with Crippen molar-refractivity contribution in [3.63, 3.8) is 0 Å². The number of pyridine rings is 1. The van der Waals surface area contributed by atoms with E-state index in [1.165, 1.54) is 0 Å². The number of nitrogen functional groups attached to an aromatic ring is 1. The minimum atomic E-state index is 0.692. The number of rotatable bonds is 7. The van der Waals surface area contributed by atoms with Crippen LogP contribution in [0.15, 0.2) is 30.5 Å². The number of hydrogen-bond acceptors (Lipinski definition) is 4. The number of hydrogen-bond donors (Lipinski definition) is 2. The Morgan fingerprint density at radius 1 is 1.25 bits per heavy atom. The number of anilines is 2. The second-order valence-electron chi connectivity index (χ2n) is 5.36. The Morgan fingerprint density at radius 3 is 2.90 bits per heavy atom. The summed E-state index contributed by atoms with van der Waals surface area (Å²) in [6, 6.07) is 7.76. The fourth-order valence-corrected chi connectivity index (χ4v) is 2.00. The molecule has 20 heavy (non-hydrogen) atoms. The molecule has 0 amide bonds. The average molecular weight is 273 g/mol. The third kappa shape index (κ3) is 4.10. The van der Waals surface area contributed by atoms with E-state index >= 15 is 0 Å². The highest BCUT2D eigenvalue weighted by molar-refractivity contribution is 5.92. The first-order valence-electron chi connectivity index (χ1n) is 7.12. The molecule has 0 atom stereocenters. The van der Waals surface area contributed by atoms with Gasteiger partial charge >= 0.3 is 0 Å². The van der Waals surface area contributed by atoms with Crippen molar-refractivity contribution in [3.8, 4) is 0 Å². The Bertz CT molecular complexity index is 554. The van der Waals surface area contributed by atoms with Crippen LogP contribution in [0.25, 0.3) is 10.9 Å². The second-order valence-corrected chi connectivity index (χ2v) is 5.36. The highest BCUT2D eigenvalue weighted by atomic mass is 16.5. The lowest BCUT2D eigenvalue weighted by atomic mass is 10.1. The Labute approximate surface area is 120 Å². The van der Waals surface area contributed by atoms with Crippen LogP contribution in [0.4, 0.5) is 11.4 Å². The predicted molar refractivity (Wildman–Crippen MR) is 84.9 cm³/mol. The zero-order valence-electron chi connectivity index (χ0n) is 12.2. The molecule has 4 nitrogen and oxygen atoms in total. The summed E-state index contributed by atoms with van der Waals surface area (Å²) in [4.78, 5) is 4.33. The van der Waals surface area contributed by atoms with Crippen molar-refractivity contribution in [2.24, 2.45) is 5.92 Å². The van der Waals surface area contributed by atoms with Crippen LogP contribution in [0.2, 0.25) is 0 Å². The van der Waals surface area contributed by atoms with Gasteiger partial charge in [0.25, 0.3) is 0 Å². The maximum Gasteiger partial charge on any atom is 0.0743 e. The molecule has 0 radical (unpaired) electrons. The maximum atomic E-state index is 5.77. The highest BCUT2D eigenvalue weighted by Gasteiger charge is 2.01. The maximum absolute atomic E-state index is 5.77. The van der Waals surface area contributed by atoms with Crippen LogP contribution >= 0.6 is 0 Å². The third-order valence-corrected chi connectivity index (χ3v) is 3.17. The van der Waals surface area contributed by atoms with E-state index in [0.717, 1.165) is 41.9 Å². The van der Waals surface area contributed by atoms with Crippen LogP contribution in [0, 0.1) is 5.92 Å². The second kappa shape index (κ2) is 7.10. The van der Waals surface area contributed by atoms with Crippen molar-refractivity contribution >= 4 is 22.3 Å². The summed E-state index contributed by atoms with van der Waals surface area (Å²) in [5.74, 6) is 0.692. The molecule has 0 saturated carbocycles. The standard InChI is InChI=1S/C16H23N3O/c1-12(2)6-9-20-10-8-19-15-5-7-18-16-11-13(17)3-4-14(15)16/h3-5,7,11-12H,6,8-10,17H2,1-2H3,(H,18,19). The van der Waals surface area contributed by atoms with E-state index in [-0.39, 0.29) is 0 Å². The van der Waals surface area contributed by atoms with Gasteiger partial charge in [-0.05, 0) is 36.6 Å². The molecule has 1 aromatic carbocycles.